The molecular weight excluding hydrogens is 420 g/mol. The topological polar surface area (TPSA) is 62.7 Å². The lowest BCUT2D eigenvalue weighted by Crippen LogP contribution is -2.15. The maximum atomic E-state index is 6.01. The summed E-state index contributed by atoms with van der Waals surface area (Å²) in [7, 11) is 0. The fraction of sp³-hybridized carbons (Fsp3) is 0.182. The van der Waals surface area contributed by atoms with Gasteiger partial charge in [-0.25, -0.2) is 4.98 Å². The van der Waals surface area contributed by atoms with Crippen molar-refractivity contribution >= 4 is 22.7 Å². The lowest BCUT2D eigenvalue weighted by atomic mass is 10.2. The Labute approximate surface area is 180 Å². The Balaban J connectivity index is 1.47. The number of nitrogens with zero attached hydrogens (tertiary/aromatic N) is 2. The Morgan fingerprint density at radius 2 is 1.33 bits per heavy atom. The molecule has 2 aliphatic heterocycles. The number of hydrogen-bond donors (Lipinski definition) is 0. The molecule has 6 heterocycles. The van der Waals surface area contributed by atoms with Crippen LogP contribution in [-0.4, -0.2) is 36.4 Å². The lowest BCUT2D eigenvalue weighted by Gasteiger charge is -2.17. The van der Waals surface area contributed by atoms with Gasteiger partial charge in [0.05, 0.1) is 31.7 Å². The van der Waals surface area contributed by atoms with Crippen LogP contribution < -0.4 is 18.9 Å². The molecule has 0 saturated heterocycles. The van der Waals surface area contributed by atoms with E-state index in [1.165, 1.54) is 0 Å². The van der Waals surface area contributed by atoms with Crippen LogP contribution >= 0.6 is 22.7 Å². The highest BCUT2D eigenvalue weighted by molar-refractivity contribution is 7.19. The molecule has 8 heteroatoms. The average molecular weight is 437 g/mol. The molecular formula is C22H16N2O4S2. The van der Waals surface area contributed by atoms with Crippen molar-refractivity contribution in [2.24, 2.45) is 0 Å². The molecule has 0 radical (unpaired) electrons. The van der Waals surface area contributed by atoms with E-state index in [1.54, 1.807) is 28.9 Å². The van der Waals surface area contributed by atoms with Crippen molar-refractivity contribution in [3.05, 3.63) is 48.0 Å². The van der Waals surface area contributed by atoms with Gasteiger partial charge in [0.15, 0.2) is 23.0 Å². The fourth-order valence-corrected chi connectivity index (χ4v) is 5.55. The molecule has 0 unspecified atom stereocenters. The zero-order valence-corrected chi connectivity index (χ0v) is 17.4. The van der Waals surface area contributed by atoms with Crippen LogP contribution in [0.1, 0.15) is 0 Å². The van der Waals surface area contributed by atoms with Crippen LogP contribution in [0.15, 0.2) is 48.0 Å². The van der Waals surface area contributed by atoms with Crippen molar-refractivity contribution in [3.63, 3.8) is 0 Å². The van der Waals surface area contributed by atoms with E-state index in [2.05, 4.69) is 4.98 Å². The SMILES string of the molecule is c1ccc(-c2sc(-c3cccc(-c4scc5c4OCCO5)n3)c3c2OCCO3)nc1. The van der Waals surface area contributed by atoms with E-state index >= 15 is 0 Å². The zero-order chi connectivity index (χ0) is 19.9. The smallest absolute Gasteiger partial charge is 0.182 e. The van der Waals surface area contributed by atoms with Gasteiger partial charge < -0.3 is 18.9 Å². The number of ether oxygens (including phenoxy) is 4. The van der Waals surface area contributed by atoms with Crippen LogP contribution in [0.25, 0.3) is 31.7 Å². The van der Waals surface area contributed by atoms with E-state index in [1.807, 2.05) is 41.8 Å². The summed E-state index contributed by atoms with van der Waals surface area (Å²) in [6.07, 6.45) is 1.78. The molecule has 0 saturated carbocycles. The van der Waals surface area contributed by atoms with Crippen molar-refractivity contribution in [2.75, 3.05) is 26.4 Å². The minimum atomic E-state index is 0.516. The number of pyridine rings is 2. The van der Waals surface area contributed by atoms with Gasteiger partial charge in [0.25, 0.3) is 0 Å². The van der Waals surface area contributed by atoms with Crippen molar-refractivity contribution in [3.8, 4) is 54.7 Å². The molecule has 0 N–H and O–H groups in total. The van der Waals surface area contributed by atoms with Gasteiger partial charge >= 0.3 is 0 Å². The van der Waals surface area contributed by atoms with Gasteiger partial charge in [-0.3, -0.25) is 4.98 Å². The van der Waals surface area contributed by atoms with Gasteiger partial charge in [-0.2, -0.15) is 0 Å². The van der Waals surface area contributed by atoms with Crippen molar-refractivity contribution in [2.45, 2.75) is 0 Å². The molecule has 6 rings (SSSR count). The number of fused-ring (bicyclic) bond motifs is 2. The molecule has 0 atom stereocenters. The summed E-state index contributed by atoms with van der Waals surface area (Å²) in [6, 6.07) is 11.8. The molecule has 0 aromatic carbocycles. The first-order chi connectivity index (χ1) is 14.9. The summed E-state index contributed by atoms with van der Waals surface area (Å²) in [5, 5.41) is 1.97. The number of thiophene rings is 2. The third-order valence-electron chi connectivity index (χ3n) is 4.81. The minimum Gasteiger partial charge on any atom is -0.485 e. The normalized spacial score (nSPS) is 14.5. The molecule has 4 aromatic heterocycles. The summed E-state index contributed by atoms with van der Waals surface area (Å²) >= 11 is 3.17. The average Bonchev–Trinajstić information content (AvgIpc) is 3.42. The molecule has 6 nitrogen and oxygen atoms in total. The summed E-state index contributed by atoms with van der Waals surface area (Å²) < 4.78 is 23.5. The molecule has 0 fully saturated rings. The van der Waals surface area contributed by atoms with Crippen LogP contribution in [0, 0.1) is 0 Å². The standard InChI is InChI=1S/C22H16N2O4S2/c1-2-7-23-13(4-1)21-18-19(28-11-10-27-18)22(30-21)15-6-3-5-14(24-15)20-17-16(12-29-20)25-8-9-26-17/h1-7,12H,8-11H2. The van der Waals surface area contributed by atoms with Crippen molar-refractivity contribution < 1.29 is 18.9 Å². The van der Waals surface area contributed by atoms with Crippen LogP contribution in [0.4, 0.5) is 0 Å². The maximum Gasteiger partial charge on any atom is 0.182 e. The predicted octanol–water partition coefficient (Wildman–Crippen LogP) is 5.14. The van der Waals surface area contributed by atoms with Gasteiger partial charge in [-0.05, 0) is 24.3 Å². The van der Waals surface area contributed by atoms with Gasteiger partial charge in [-0.1, -0.05) is 12.1 Å². The third kappa shape index (κ3) is 2.91. The summed E-state index contributed by atoms with van der Waals surface area (Å²) in [5.41, 5.74) is 2.55. The van der Waals surface area contributed by atoms with Gasteiger partial charge in [-0.15, -0.1) is 22.7 Å². The van der Waals surface area contributed by atoms with Gasteiger partial charge in [0, 0.05) is 11.6 Å². The van der Waals surface area contributed by atoms with Crippen molar-refractivity contribution in [1.29, 1.82) is 0 Å². The molecule has 0 aliphatic carbocycles. The Hall–Kier alpha value is -3.10. The highest BCUT2D eigenvalue weighted by Crippen LogP contribution is 2.53. The zero-order valence-electron chi connectivity index (χ0n) is 15.8. The maximum absolute atomic E-state index is 6.01. The second kappa shape index (κ2) is 7.30. The predicted molar refractivity (Wildman–Crippen MR) is 116 cm³/mol. The highest BCUT2D eigenvalue weighted by Gasteiger charge is 2.28. The van der Waals surface area contributed by atoms with E-state index in [0.29, 0.717) is 26.4 Å². The molecule has 150 valence electrons. The van der Waals surface area contributed by atoms with E-state index in [4.69, 9.17) is 23.9 Å². The number of aromatic nitrogens is 2. The first-order valence-electron chi connectivity index (χ1n) is 9.57. The van der Waals surface area contributed by atoms with Crippen LogP contribution in [0.3, 0.4) is 0 Å². The molecule has 0 amide bonds. The van der Waals surface area contributed by atoms with Crippen LogP contribution in [0.5, 0.6) is 23.0 Å². The summed E-state index contributed by atoms with van der Waals surface area (Å²) in [5.74, 6) is 3.05. The largest absolute Gasteiger partial charge is 0.485 e. The van der Waals surface area contributed by atoms with Crippen LogP contribution in [0.2, 0.25) is 0 Å². The Bertz CT molecular complexity index is 1220. The summed E-state index contributed by atoms with van der Waals surface area (Å²) in [4.78, 5) is 12.3. The first-order valence-corrected chi connectivity index (χ1v) is 11.3. The molecule has 4 aromatic rings. The number of hydrogen-bond acceptors (Lipinski definition) is 8. The molecule has 30 heavy (non-hydrogen) atoms. The van der Waals surface area contributed by atoms with Crippen molar-refractivity contribution in [1.82, 2.24) is 9.97 Å². The van der Waals surface area contributed by atoms with Gasteiger partial charge in [0.1, 0.15) is 26.4 Å². The Kier molecular flexibility index (Phi) is 4.32. The second-order valence-electron chi connectivity index (χ2n) is 6.69. The van der Waals surface area contributed by atoms with E-state index in [-0.39, 0.29) is 0 Å². The first kappa shape index (κ1) is 17.7. The lowest BCUT2D eigenvalue weighted by molar-refractivity contribution is 0.174. The molecule has 0 bridgehead atoms. The highest BCUT2D eigenvalue weighted by atomic mass is 32.1. The van der Waals surface area contributed by atoms with E-state index in [9.17, 15) is 0 Å². The minimum absolute atomic E-state index is 0.516. The Morgan fingerprint density at radius 1 is 0.667 bits per heavy atom. The molecule has 2 aliphatic rings. The monoisotopic (exact) mass is 436 g/mol. The second-order valence-corrected chi connectivity index (χ2v) is 8.59. The summed E-state index contributed by atoms with van der Waals surface area (Å²) in [6.45, 7) is 2.16. The van der Waals surface area contributed by atoms with Gasteiger partial charge in [0.2, 0.25) is 0 Å². The van der Waals surface area contributed by atoms with Crippen LogP contribution in [-0.2, 0) is 0 Å². The van der Waals surface area contributed by atoms with E-state index in [0.717, 1.165) is 54.7 Å². The fourth-order valence-electron chi connectivity index (χ4n) is 3.51. The molecule has 0 spiro atoms. The Morgan fingerprint density at radius 3 is 2.10 bits per heavy atom. The quantitative estimate of drug-likeness (QED) is 0.443. The third-order valence-corrected chi connectivity index (χ3v) is 6.97. The number of rotatable bonds is 3. The van der Waals surface area contributed by atoms with E-state index < -0.39 is 0 Å².